The molecule has 27 heavy (non-hydrogen) atoms. The number of ether oxygens (including phenoxy) is 1. The van der Waals surface area contributed by atoms with Crippen molar-refractivity contribution in [2.45, 2.75) is 65.0 Å². The third kappa shape index (κ3) is 5.02. The van der Waals surface area contributed by atoms with E-state index in [0.29, 0.717) is 0 Å². The molecule has 1 aromatic heterocycles. The summed E-state index contributed by atoms with van der Waals surface area (Å²) in [6.07, 6.45) is 2.45. The summed E-state index contributed by atoms with van der Waals surface area (Å²) in [7, 11) is 0. The van der Waals surface area contributed by atoms with E-state index in [9.17, 15) is 9.59 Å². The number of aromatic amines is 1. The molecule has 0 fully saturated rings. The number of H-pyrrole nitrogens is 1. The first-order chi connectivity index (χ1) is 12.7. The molecule has 6 nitrogen and oxygen atoms in total. The van der Waals surface area contributed by atoms with Gasteiger partial charge < -0.3 is 20.4 Å². The van der Waals surface area contributed by atoms with Crippen LogP contribution in [0.5, 0.6) is 0 Å². The molecule has 2 amide bonds. The fraction of sp³-hybridized carbons (Fsp3) is 0.524. The van der Waals surface area contributed by atoms with Crippen LogP contribution in [0.4, 0.5) is 4.79 Å². The quantitative estimate of drug-likeness (QED) is 0.770. The van der Waals surface area contributed by atoms with Crippen LogP contribution in [-0.4, -0.2) is 35.2 Å². The summed E-state index contributed by atoms with van der Waals surface area (Å²) < 4.78 is 5.16. The van der Waals surface area contributed by atoms with Gasteiger partial charge in [-0.1, -0.05) is 11.6 Å². The molecule has 0 saturated carbocycles. The van der Waals surface area contributed by atoms with E-state index in [1.165, 1.54) is 27.7 Å². The fourth-order valence-corrected chi connectivity index (χ4v) is 3.56. The zero-order valence-electron chi connectivity index (χ0n) is 16.6. The Kier molecular flexibility index (Phi) is 5.44. The summed E-state index contributed by atoms with van der Waals surface area (Å²) >= 11 is 0. The maximum absolute atomic E-state index is 12.2. The van der Waals surface area contributed by atoms with Gasteiger partial charge in [0.15, 0.2) is 0 Å². The molecule has 1 atom stereocenters. The number of fused-ring (bicyclic) bond motifs is 3. The van der Waals surface area contributed by atoms with E-state index in [0.717, 1.165) is 19.3 Å². The first-order valence-corrected chi connectivity index (χ1v) is 9.57. The van der Waals surface area contributed by atoms with E-state index in [1.54, 1.807) is 0 Å². The van der Waals surface area contributed by atoms with Crippen LogP contribution in [-0.2, 0) is 22.4 Å². The molecule has 0 aliphatic heterocycles. The molecule has 6 heteroatoms. The first kappa shape index (κ1) is 19.3. The van der Waals surface area contributed by atoms with Crippen LogP contribution in [0, 0.1) is 6.92 Å². The van der Waals surface area contributed by atoms with E-state index < -0.39 is 11.7 Å². The maximum atomic E-state index is 12.2. The van der Waals surface area contributed by atoms with Gasteiger partial charge >= 0.3 is 6.09 Å². The molecule has 1 heterocycles. The Morgan fingerprint density at radius 2 is 2.07 bits per heavy atom. The van der Waals surface area contributed by atoms with Gasteiger partial charge in [-0.05, 0) is 58.2 Å². The topological polar surface area (TPSA) is 83.2 Å². The Morgan fingerprint density at radius 1 is 1.30 bits per heavy atom. The standard InChI is InChI=1S/C21H29N3O3/c1-13-5-8-17-16(11-13)15-7-6-14(12-18(15)24-17)23-19(25)9-10-22-20(26)27-21(2,3)4/h5,8,11,14,24H,6-7,9-10,12H2,1-4H3,(H,22,26)(H,23,25). The number of aryl methyl sites for hydroxylation is 2. The van der Waals surface area contributed by atoms with Crippen LogP contribution < -0.4 is 10.6 Å². The largest absolute Gasteiger partial charge is 0.444 e. The third-order valence-corrected chi connectivity index (χ3v) is 4.73. The van der Waals surface area contributed by atoms with Crippen LogP contribution in [0.15, 0.2) is 18.2 Å². The van der Waals surface area contributed by atoms with Crippen molar-refractivity contribution in [3.05, 3.63) is 35.0 Å². The van der Waals surface area contributed by atoms with Gasteiger partial charge in [0.25, 0.3) is 0 Å². The van der Waals surface area contributed by atoms with Gasteiger partial charge in [0, 0.05) is 42.0 Å². The van der Waals surface area contributed by atoms with Gasteiger partial charge in [0.05, 0.1) is 0 Å². The molecule has 2 aromatic rings. The Labute approximate surface area is 160 Å². The van der Waals surface area contributed by atoms with Gasteiger partial charge in [-0.2, -0.15) is 0 Å². The predicted molar refractivity (Wildman–Crippen MR) is 106 cm³/mol. The first-order valence-electron chi connectivity index (χ1n) is 9.57. The zero-order valence-corrected chi connectivity index (χ0v) is 16.6. The lowest BCUT2D eigenvalue weighted by molar-refractivity contribution is -0.121. The molecule has 3 rings (SSSR count). The highest BCUT2D eigenvalue weighted by molar-refractivity contribution is 5.85. The molecular weight excluding hydrogens is 342 g/mol. The second-order valence-corrected chi connectivity index (χ2v) is 8.32. The van der Waals surface area contributed by atoms with Crippen LogP contribution in [0.2, 0.25) is 0 Å². The molecule has 3 N–H and O–H groups in total. The number of rotatable bonds is 4. The van der Waals surface area contributed by atoms with Gasteiger partial charge in [-0.3, -0.25) is 4.79 Å². The van der Waals surface area contributed by atoms with Crippen molar-refractivity contribution in [2.75, 3.05) is 6.54 Å². The van der Waals surface area contributed by atoms with Crippen LogP contribution in [0.1, 0.15) is 50.4 Å². The number of carbonyl (C=O) groups is 2. The lowest BCUT2D eigenvalue weighted by atomic mass is 9.91. The SMILES string of the molecule is Cc1ccc2[nH]c3c(c2c1)CCC(NC(=O)CCNC(=O)OC(C)(C)C)C3. The van der Waals surface area contributed by atoms with Crippen molar-refractivity contribution in [1.82, 2.24) is 15.6 Å². The molecular formula is C21H29N3O3. The second-order valence-electron chi connectivity index (χ2n) is 8.32. The van der Waals surface area contributed by atoms with Gasteiger partial charge in [0.1, 0.15) is 5.60 Å². The van der Waals surface area contributed by atoms with E-state index in [-0.39, 0.29) is 24.9 Å². The van der Waals surface area contributed by atoms with Crippen LogP contribution in [0.25, 0.3) is 10.9 Å². The fourth-order valence-electron chi connectivity index (χ4n) is 3.56. The van der Waals surface area contributed by atoms with Gasteiger partial charge in [-0.25, -0.2) is 4.79 Å². The normalized spacial score (nSPS) is 16.7. The highest BCUT2D eigenvalue weighted by Gasteiger charge is 2.23. The molecule has 0 bridgehead atoms. The summed E-state index contributed by atoms with van der Waals surface area (Å²) in [6, 6.07) is 6.59. The minimum absolute atomic E-state index is 0.0496. The Morgan fingerprint density at radius 3 is 2.81 bits per heavy atom. The number of carbonyl (C=O) groups excluding carboxylic acids is 2. The van der Waals surface area contributed by atoms with Gasteiger partial charge in [0.2, 0.25) is 5.91 Å². The van der Waals surface area contributed by atoms with Crippen molar-refractivity contribution in [3.63, 3.8) is 0 Å². The second kappa shape index (κ2) is 7.62. The maximum Gasteiger partial charge on any atom is 0.407 e. The summed E-state index contributed by atoms with van der Waals surface area (Å²) in [5.41, 5.74) is 4.49. The molecule has 1 aliphatic carbocycles. The lowest BCUT2D eigenvalue weighted by Crippen LogP contribution is -2.40. The molecule has 1 aromatic carbocycles. The molecule has 0 radical (unpaired) electrons. The average Bonchev–Trinajstić information content (AvgIpc) is 2.90. The Hall–Kier alpha value is -2.50. The van der Waals surface area contributed by atoms with Crippen molar-refractivity contribution < 1.29 is 14.3 Å². The van der Waals surface area contributed by atoms with Crippen LogP contribution >= 0.6 is 0 Å². The molecule has 146 valence electrons. The van der Waals surface area contributed by atoms with E-state index >= 15 is 0 Å². The minimum atomic E-state index is -0.537. The number of aromatic nitrogens is 1. The lowest BCUT2D eigenvalue weighted by Gasteiger charge is -2.24. The number of hydrogen-bond acceptors (Lipinski definition) is 3. The minimum Gasteiger partial charge on any atom is -0.444 e. The summed E-state index contributed by atoms with van der Waals surface area (Å²) in [5, 5.41) is 7.01. The Bertz CT molecular complexity index is 848. The summed E-state index contributed by atoms with van der Waals surface area (Å²) in [6.45, 7) is 7.80. The number of alkyl carbamates (subject to hydrolysis) is 1. The number of amides is 2. The smallest absolute Gasteiger partial charge is 0.407 e. The highest BCUT2D eigenvalue weighted by atomic mass is 16.6. The third-order valence-electron chi connectivity index (χ3n) is 4.73. The van der Waals surface area contributed by atoms with Gasteiger partial charge in [-0.15, -0.1) is 0 Å². The van der Waals surface area contributed by atoms with Crippen molar-refractivity contribution in [1.29, 1.82) is 0 Å². The Balaban J connectivity index is 1.49. The van der Waals surface area contributed by atoms with Crippen molar-refractivity contribution in [2.24, 2.45) is 0 Å². The van der Waals surface area contributed by atoms with E-state index in [4.69, 9.17) is 4.74 Å². The zero-order chi connectivity index (χ0) is 19.6. The molecule has 0 spiro atoms. The van der Waals surface area contributed by atoms with E-state index in [2.05, 4.69) is 40.7 Å². The average molecular weight is 371 g/mol. The van der Waals surface area contributed by atoms with E-state index in [1.807, 2.05) is 20.8 Å². The molecule has 0 saturated heterocycles. The number of nitrogens with one attached hydrogen (secondary N) is 3. The number of benzene rings is 1. The van der Waals surface area contributed by atoms with Crippen LogP contribution in [0.3, 0.4) is 0 Å². The summed E-state index contributed by atoms with van der Waals surface area (Å²) in [4.78, 5) is 27.3. The molecule has 1 unspecified atom stereocenters. The predicted octanol–water partition coefficient (Wildman–Crippen LogP) is 3.36. The van der Waals surface area contributed by atoms with Crippen molar-refractivity contribution >= 4 is 22.9 Å². The summed E-state index contributed by atoms with van der Waals surface area (Å²) in [5.74, 6) is -0.0496. The van der Waals surface area contributed by atoms with Crippen molar-refractivity contribution in [3.8, 4) is 0 Å². The monoisotopic (exact) mass is 371 g/mol. The highest BCUT2D eigenvalue weighted by Crippen LogP contribution is 2.29. The number of hydrogen-bond donors (Lipinski definition) is 3. The molecule has 1 aliphatic rings.